The summed E-state index contributed by atoms with van der Waals surface area (Å²) in [6.45, 7) is 3.17. The van der Waals surface area contributed by atoms with Gasteiger partial charge >= 0.3 is 0 Å². The number of likely N-dealkylation sites (N-methyl/N-ethyl adjacent to an activating group) is 1. The second-order valence-corrected chi connectivity index (χ2v) is 3.47. The summed E-state index contributed by atoms with van der Waals surface area (Å²) >= 11 is 0. The maximum absolute atomic E-state index is 7.15. The molecule has 0 aliphatic rings. The summed E-state index contributed by atoms with van der Waals surface area (Å²) in [5, 5.41) is 7.15. The van der Waals surface area contributed by atoms with Crippen molar-refractivity contribution in [2.24, 2.45) is 5.73 Å². The molecule has 0 atom stereocenters. The van der Waals surface area contributed by atoms with Gasteiger partial charge in [-0.1, -0.05) is 6.07 Å². The van der Waals surface area contributed by atoms with Crippen LogP contribution in [0.15, 0.2) is 18.2 Å². The number of amidine groups is 1. The van der Waals surface area contributed by atoms with Crippen LogP contribution in [0.1, 0.15) is 11.4 Å². The highest BCUT2D eigenvalue weighted by atomic mass is 15.1. The second kappa shape index (κ2) is 4.72. The Hall–Kier alpha value is -1.42. The van der Waals surface area contributed by atoms with Crippen LogP contribution in [0.25, 0.3) is 0 Å². The Bertz CT molecular complexity index is 322. The Morgan fingerprint density at radius 3 is 2.86 bits per heavy atom. The summed E-state index contributed by atoms with van der Waals surface area (Å²) in [6, 6.07) is 5.93. The molecule has 0 radical (unpaired) electrons. The molecule has 76 valence electrons. The minimum atomic E-state index is 0.181. The minimum absolute atomic E-state index is 0.181. The van der Waals surface area contributed by atoms with Crippen molar-refractivity contribution in [3.63, 3.8) is 0 Å². The average molecular weight is 192 g/mol. The Morgan fingerprint density at radius 1 is 1.57 bits per heavy atom. The number of hydrogen-bond donors (Lipinski definition) is 2. The van der Waals surface area contributed by atoms with E-state index in [-0.39, 0.29) is 5.84 Å². The topological polar surface area (TPSA) is 66.0 Å². The first-order valence-corrected chi connectivity index (χ1v) is 4.52. The molecule has 0 saturated heterocycles. The molecule has 1 aromatic rings. The standard InChI is InChI=1S/C10H16N4/c1-8-4-3-5-9(13-8)6-14(2)7-10(11)12/h3-5H,6-7H2,1-2H3,(H3,11,12). The highest BCUT2D eigenvalue weighted by molar-refractivity contribution is 5.78. The zero-order chi connectivity index (χ0) is 10.6. The minimum Gasteiger partial charge on any atom is -0.387 e. The van der Waals surface area contributed by atoms with Gasteiger partial charge in [-0.15, -0.1) is 0 Å². The lowest BCUT2D eigenvalue weighted by Gasteiger charge is -2.14. The van der Waals surface area contributed by atoms with Crippen LogP contribution in [0.5, 0.6) is 0 Å². The quantitative estimate of drug-likeness (QED) is 0.546. The van der Waals surface area contributed by atoms with Gasteiger partial charge in [0, 0.05) is 12.2 Å². The molecule has 0 unspecified atom stereocenters. The Kier molecular flexibility index (Phi) is 3.59. The molecular formula is C10H16N4. The van der Waals surface area contributed by atoms with Crippen LogP contribution in [0.3, 0.4) is 0 Å². The van der Waals surface area contributed by atoms with Crippen molar-refractivity contribution in [2.75, 3.05) is 13.6 Å². The summed E-state index contributed by atoms with van der Waals surface area (Å²) in [7, 11) is 1.92. The van der Waals surface area contributed by atoms with E-state index in [0.717, 1.165) is 17.9 Å². The van der Waals surface area contributed by atoms with E-state index in [1.807, 2.05) is 37.1 Å². The molecule has 0 fully saturated rings. The maximum Gasteiger partial charge on any atom is 0.105 e. The maximum atomic E-state index is 7.15. The van der Waals surface area contributed by atoms with Crippen molar-refractivity contribution < 1.29 is 0 Å². The summed E-state index contributed by atoms with van der Waals surface area (Å²) in [4.78, 5) is 6.33. The Balaban J connectivity index is 2.55. The Labute approximate surface area is 84.3 Å². The molecule has 0 spiro atoms. The number of nitrogens with one attached hydrogen (secondary N) is 1. The number of hydrogen-bond acceptors (Lipinski definition) is 3. The van der Waals surface area contributed by atoms with Crippen molar-refractivity contribution in [3.8, 4) is 0 Å². The predicted octanol–water partition coefficient (Wildman–Crippen LogP) is 0.758. The first kappa shape index (κ1) is 10.7. The lowest BCUT2D eigenvalue weighted by molar-refractivity contribution is 0.367. The molecule has 0 saturated carbocycles. The number of nitrogens with two attached hydrogens (primary N) is 1. The van der Waals surface area contributed by atoms with Crippen molar-refractivity contribution in [3.05, 3.63) is 29.6 Å². The molecular weight excluding hydrogens is 176 g/mol. The van der Waals surface area contributed by atoms with Crippen LogP contribution < -0.4 is 5.73 Å². The smallest absolute Gasteiger partial charge is 0.105 e. The summed E-state index contributed by atoms with van der Waals surface area (Å²) in [5.41, 5.74) is 7.32. The van der Waals surface area contributed by atoms with Crippen molar-refractivity contribution in [2.45, 2.75) is 13.5 Å². The van der Waals surface area contributed by atoms with Gasteiger partial charge < -0.3 is 5.73 Å². The third kappa shape index (κ3) is 3.53. The van der Waals surface area contributed by atoms with E-state index in [4.69, 9.17) is 11.1 Å². The van der Waals surface area contributed by atoms with E-state index in [1.165, 1.54) is 0 Å². The molecule has 3 N–H and O–H groups in total. The molecule has 0 amide bonds. The zero-order valence-corrected chi connectivity index (χ0v) is 8.62. The molecule has 1 heterocycles. The van der Waals surface area contributed by atoms with Crippen LogP contribution in [-0.2, 0) is 6.54 Å². The summed E-state index contributed by atoms with van der Waals surface area (Å²) < 4.78 is 0. The van der Waals surface area contributed by atoms with Gasteiger partial charge in [-0.25, -0.2) is 0 Å². The monoisotopic (exact) mass is 192 g/mol. The van der Waals surface area contributed by atoms with Gasteiger partial charge in [0.15, 0.2) is 0 Å². The van der Waals surface area contributed by atoms with E-state index in [9.17, 15) is 0 Å². The van der Waals surface area contributed by atoms with Crippen LogP contribution in [0.4, 0.5) is 0 Å². The van der Waals surface area contributed by atoms with Crippen molar-refractivity contribution in [1.82, 2.24) is 9.88 Å². The summed E-state index contributed by atoms with van der Waals surface area (Å²) in [5.74, 6) is 0.181. The molecule has 0 bridgehead atoms. The van der Waals surface area contributed by atoms with Gasteiger partial charge in [0.1, 0.15) is 5.84 Å². The highest BCUT2D eigenvalue weighted by Gasteiger charge is 2.02. The van der Waals surface area contributed by atoms with E-state index in [1.54, 1.807) is 0 Å². The third-order valence-electron chi connectivity index (χ3n) is 1.82. The van der Waals surface area contributed by atoms with Crippen LogP contribution >= 0.6 is 0 Å². The van der Waals surface area contributed by atoms with Crippen molar-refractivity contribution >= 4 is 5.84 Å². The fourth-order valence-electron chi connectivity index (χ4n) is 1.31. The molecule has 0 aliphatic carbocycles. The van der Waals surface area contributed by atoms with Crippen LogP contribution in [-0.4, -0.2) is 29.3 Å². The lowest BCUT2D eigenvalue weighted by Crippen LogP contribution is -2.30. The van der Waals surface area contributed by atoms with Gasteiger partial charge in [0.25, 0.3) is 0 Å². The number of nitrogens with zero attached hydrogens (tertiary/aromatic N) is 2. The molecule has 4 nitrogen and oxygen atoms in total. The largest absolute Gasteiger partial charge is 0.387 e. The van der Waals surface area contributed by atoms with Gasteiger partial charge in [0.2, 0.25) is 0 Å². The number of aromatic nitrogens is 1. The van der Waals surface area contributed by atoms with Gasteiger partial charge in [-0.3, -0.25) is 15.3 Å². The fraction of sp³-hybridized carbons (Fsp3) is 0.400. The van der Waals surface area contributed by atoms with E-state index >= 15 is 0 Å². The van der Waals surface area contributed by atoms with Gasteiger partial charge in [-0.05, 0) is 26.1 Å². The molecule has 0 aromatic carbocycles. The average Bonchev–Trinajstić information content (AvgIpc) is 2.01. The lowest BCUT2D eigenvalue weighted by atomic mass is 10.3. The number of pyridine rings is 1. The first-order chi connectivity index (χ1) is 6.58. The van der Waals surface area contributed by atoms with E-state index in [2.05, 4.69) is 4.98 Å². The van der Waals surface area contributed by atoms with Gasteiger partial charge in [0.05, 0.1) is 12.2 Å². The van der Waals surface area contributed by atoms with E-state index < -0.39 is 0 Å². The second-order valence-electron chi connectivity index (χ2n) is 3.47. The normalized spacial score (nSPS) is 10.5. The molecule has 14 heavy (non-hydrogen) atoms. The van der Waals surface area contributed by atoms with Crippen molar-refractivity contribution in [1.29, 1.82) is 5.41 Å². The SMILES string of the molecule is Cc1cccc(CN(C)CC(=N)N)n1. The molecule has 1 rings (SSSR count). The number of rotatable bonds is 4. The van der Waals surface area contributed by atoms with Crippen LogP contribution in [0.2, 0.25) is 0 Å². The van der Waals surface area contributed by atoms with E-state index in [0.29, 0.717) is 6.54 Å². The fourth-order valence-corrected chi connectivity index (χ4v) is 1.31. The highest BCUT2D eigenvalue weighted by Crippen LogP contribution is 2.00. The molecule has 4 heteroatoms. The van der Waals surface area contributed by atoms with Gasteiger partial charge in [-0.2, -0.15) is 0 Å². The van der Waals surface area contributed by atoms with Crippen LogP contribution in [0, 0.1) is 12.3 Å². The first-order valence-electron chi connectivity index (χ1n) is 4.52. The predicted molar refractivity (Wildman–Crippen MR) is 57.2 cm³/mol. The zero-order valence-electron chi connectivity index (χ0n) is 8.62. The number of aryl methyl sites for hydroxylation is 1. The molecule has 1 aromatic heterocycles. The Morgan fingerprint density at radius 2 is 2.29 bits per heavy atom. The summed E-state index contributed by atoms with van der Waals surface area (Å²) in [6.07, 6.45) is 0. The molecule has 0 aliphatic heterocycles. The third-order valence-corrected chi connectivity index (χ3v) is 1.82.